The Balaban J connectivity index is 1.06. The van der Waals surface area contributed by atoms with Crippen LogP contribution in [0.5, 0.6) is 0 Å². The van der Waals surface area contributed by atoms with Crippen molar-refractivity contribution >= 4 is 120 Å². The maximum absolute atomic E-state index is 2.67. The third-order valence-electron chi connectivity index (χ3n) is 19.6. The molecule has 4 heteroatoms. The number of benzene rings is 11. The Kier molecular flexibility index (Phi) is 10.2. The van der Waals surface area contributed by atoms with Gasteiger partial charge in [0.15, 0.2) is 0 Å². The summed E-state index contributed by atoms with van der Waals surface area (Å²) in [4.78, 5) is 0. The molecule has 0 fully saturated rings. The standard InChI is InChI=1S/C82H70N4/c1-79(2,3)49-31-37-63-57(43-49)58-44-50(80(4,5)6)32-38-64(58)83(63)67-41-35-55-73-69(47-23-15-13-16-24-47)78-74(70(48-25-17-14-18-26-48)77(73)85-61-29-21-19-27-53(61)71(67)75(55)85)56-36-42-68(72-54-28-20-22-30-62(54)86(78)76(56)72)84-65-39-33-51(81(7,8)9)45-59(65)60-46-52(82(10,11)12)34-40-66(60)84/h13-46H,1-12H3. The molecule has 0 bridgehead atoms. The molecule has 0 saturated carbocycles. The van der Waals surface area contributed by atoms with E-state index in [-0.39, 0.29) is 21.7 Å². The molecule has 0 unspecified atom stereocenters. The van der Waals surface area contributed by atoms with Gasteiger partial charge in [-0.25, -0.2) is 0 Å². The van der Waals surface area contributed by atoms with Crippen LogP contribution in [0.2, 0.25) is 0 Å². The highest BCUT2D eigenvalue weighted by atomic mass is 15.0. The lowest BCUT2D eigenvalue weighted by Gasteiger charge is -2.19. The molecule has 86 heavy (non-hydrogen) atoms. The van der Waals surface area contributed by atoms with Crippen LogP contribution < -0.4 is 0 Å². The van der Waals surface area contributed by atoms with Crippen molar-refractivity contribution in [2.75, 3.05) is 0 Å². The maximum Gasteiger partial charge on any atom is 0.0642 e. The molecule has 0 amide bonds. The van der Waals surface area contributed by atoms with Gasteiger partial charge in [-0.15, -0.1) is 0 Å². The Hall–Kier alpha value is -9.38. The first-order valence-corrected chi connectivity index (χ1v) is 30.9. The Morgan fingerprint density at radius 1 is 0.233 bits per heavy atom. The van der Waals surface area contributed by atoms with E-state index in [9.17, 15) is 0 Å². The molecule has 4 nitrogen and oxygen atoms in total. The number of nitrogens with zero attached hydrogens (tertiary/aromatic N) is 4. The summed E-state index contributed by atoms with van der Waals surface area (Å²) in [6.07, 6.45) is 0. The molecule has 0 spiro atoms. The Morgan fingerprint density at radius 3 is 0.849 bits per heavy atom. The lowest BCUT2D eigenvalue weighted by molar-refractivity contribution is 0.590. The third-order valence-corrected chi connectivity index (χ3v) is 19.6. The van der Waals surface area contributed by atoms with Crippen molar-refractivity contribution in [3.63, 3.8) is 0 Å². The molecule has 0 aliphatic carbocycles. The first-order chi connectivity index (χ1) is 41.3. The largest absolute Gasteiger partial charge is 0.309 e. The minimum absolute atomic E-state index is 0.00823. The Bertz CT molecular complexity index is 5210. The fourth-order valence-electron chi connectivity index (χ4n) is 15.3. The van der Waals surface area contributed by atoms with E-state index in [4.69, 9.17) is 0 Å². The summed E-state index contributed by atoms with van der Waals surface area (Å²) >= 11 is 0. The van der Waals surface area contributed by atoms with Crippen LogP contribution in [-0.4, -0.2) is 17.9 Å². The van der Waals surface area contributed by atoms with E-state index in [2.05, 4.69) is 307 Å². The number of hydrogen-bond donors (Lipinski definition) is 0. The monoisotopic (exact) mass is 1110 g/mol. The fraction of sp³-hybridized carbons (Fsp3) is 0.195. The van der Waals surface area contributed by atoms with Gasteiger partial charge in [-0.05, 0) is 128 Å². The third kappa shape index (κ3) is 6.87. The Morgan fingerprint density at radius 2 is 0.535 bits per heavy atom. The minimum atomic E-state index is -0.00823. The first kappa shape index (κ1) is 51.1. The topological polar surface area (TPSA) is 18.7 Å². The van der Waals surface area contributed by atoms with Crippen LogP contribution in [0.25, 0.3) is 153 Å². The molecule has 17 rings (SSSR count). The molecule has 0 radical (unpaired) electrons. The second-order valence-electron chi connectivity index (χ2n) is 28.9. The second-order valence-corrected chi connectivity index (χ2v) is 28.9. The SMILES string of the molecule is CC(C)(C)c1ccc2c(c1)c1cc(C(C)(C)C)ccc1n2-c1ccc2c3c(-c4ccccc4)c4c(c(-c5ccccc5)c3n3c5ccccc5c1c23)c1ccc(-n2c3ccc(C(C)(C)C)cc3c3cc(C(C)(C)C)ccc32)c2c3ccccc3n4c12. The minimum Gasteiger partial charge on any atom is -0.309 e. The molecule has 0 N–H and O–H groups in total. The summed E-state index contributed by atoms with van der Waals surface area (Å²) < 4.78 is 10.5. The van der Waals surface area contributed by atoms with E-state index in [0.29, 0.717) is 0 Å². The number of rotatable bonds is 4. The summed E-state index contributed by atoms with van der Waals surface area (Å²) in [5.74, 6) is 0. The predicted octanol–water partition coefficient (Wildman–Crippen LogP) is 22.7. The molecule has 0 saturated heterocycles. The maximum atomic E-state index is 2.67. The molecule has 6 aromatic heterocycles. The smallest absolute Gasteiger partial charge is 0.0642 e. The summed E-state index contributed by atoms with van der Waals surface area (Å²) in [7, 11) is 0. The van der Waals surface area contributed by atoms with Crippen molar-refractivity contribution < 1.29 is 0 Å². The van der Waals surface area contributed by atoms with Crippen molar-refractivity contribution in [2.24, 2.45) is 0 Å². The number of hydrogen-bond acceptors (Lipinski definition) is 0. The van der Waals surface area contributed by atoms with Crippen molar-refractivity contribution in [1.29, 1.82) is 0 Å². The Labute approximate surface area is 501 Å². The van der Waals surface area contributed by atoms with E-state index < -0.39 is 0 Å². The van der Waals surface area contributed by atoms with Gasteiger partial charge in [0.2, 0.25) is 0 Å². The molecule has 0 atom stereocenters. The van der Waals surface area contributed by atoms with Crippen molar-refractivity contribution in [2.45, 2.75) is 105 Å². The van der Waals surface area contributed by atoms with Crippen molar-refractivity contribution in [3.05, 3.63) is 229 Å². The van der Waals surface area contributed by atoms with Gasteiger partial charge in [0.1, 0.15) is 0 Å². The van der Waals surface area contributed by atoms with Crippen LogP contribution in [0.1, 0.15) is 105 Å². The van der Waals surface area contributed by atoms with Crippen molar-refractivity contribution in [3.8, 4) is 33.6 Å². The van der Waals surface area contributed by atoms with E-state index in [1.54, 1.807) is 0 Å². The van der Waals surface area contributed by atoms with E-state index in [1.165, 1.54) is 176 Å². The highest BCUT2D eigenvalue weighted by molar-refractivity contribution is 6.39. The summed E-state index contributed by atoms with van der Waals surface area (Å²) in [5, 5.41) is 15.2. The molecule has 17 aromatic rings. The van der Waals surface area contributed by atoms with Crippen LogP contribution >= 0.6 is 0 Å². The number of para-hydroxylation sites is 2. The van der Waals surface area contributed by atoms with Gasteiger partial charge in [0.25, 0.3) is 0 Å². The zero-order chi connectivity index (χ0) is 58.8. The van der Waals surface area contributed by atoms with Crippen molar-refractivity contribution in [1.82, 2.24) is 17.9 Å². The highest BCUT2D eigenvalue weighted by Gasteiger charge is 2.34. The quantitative estimate of drug-likeness (QED) is 0.167. The summed E-state index contributed by atoms with van der Waals surface area (Å²) in [6, 6.07) is 79.8. The average Bonchev–Trinajstić information content (AvgIpc) is 1.55. The predicted molar refractivity (Wildman–Crippen MR) is 370 cm³/mol. The van der Waals surface area contributed by atoms with Gasteiger partial charge in [-0.1, -0.05) is 217 Å². The molecule has 11 aromatic carbocycles. The zero-order valence-electron chi connectivity index (χ0n) is 51.4. The number of aromatic nitrogens is 4. The van der Waals surface area contributed by atoms with Crippen LogP contribution in [0.15, 0.2) is 206 Å². The van der Waals surface area contributed by atoms with Gasteiger partial charge in [-0.2, -0.15) is 0 Å². The highest BCUT2D eigenvalue weighted by Crippen LogP contribution is 2.56. The summed E-state index contributed by atoms with van der Waals surface area (Å²) in [6.45, 7) is 27.9. The van der Waals surface area contributed by atoms with Gasteiger partial charge in [0.05, 0.1) is 66.5 Å². The second kappa shape index (κ2) is 17.2. The van der Waals surface area contributed by atoms with E-state index >= 15 is 0 Å². The van der Waals surface area contributed by atoms with Gasteiger partial charge in [-0.3, -0.25) is 0 Å². The lowest BCUT2D eigenvalue weighted by atomic mass is 9.85. The van der Waals surface area contributed by atoms with Crippen LogP contribution in [-0.2, 0) is 21.7 Å². The van der Waals surface area contributed by atoms with Crippen LogP contribution in [0, 0.1) is 0 Å². The van der Waals surface area contributed by atoms with Crippen LogP contribution in [0.4, 0.5) is 0 Å². The fourth-order valence-corrected chi connectivity index (χ4v) is 15.3. The van der Waals surface area contributed by atoms with E-state index in [0.717, 1.165) is 0 Å². The lowest BCUT2D eigenvalue weighted by Crippen LogP contribution is -2.10. The molecule has 418 valence electrons. The van der Waals surface area contributed by atoms with Gasteiger partial charge < -0.3 is 17.9 Å². The molecule has 0 aliphatic heterocycles. The molecule has 0 aliphatic rings. The first-order valence-electron chi connectivity index (χ1n) is 30.9. The number of fused-ring (bicyclic) bond motifs is 18. The molecular formula is C82H70N4. The zero-order valence-corrected chi connectivity index (χ0v) is 51.4. The normalized spacial score (nSPS) is 13.3. The van der Waals surface area contributed by atoms with E-state index in [1.807, 2.05) is 0 Å². The van der Waals surface area contributed by atoms with Crippen LogP contribution in [0.3, 0.4) is 0 Å². The van der Waals surface area contributed by atoms with Gasteiger partial charge in [0, 0.05) is 75.8 Å². The summed E-state index contributed by atoms with van der Waals surface area (Å²) in [5.41, 5.74) is 24.9. The van der Waals surface area contributed by atoms with Gasteiger partial charge >= 0.3 is 0 Å². The average molecular weight is 1110 g/mol. The molecular weight excluding hydrogens is 1040 g/mol. The molecule has 6 heterocycles.